The van der Waals surface area contributed by atoms with Crippen LogP contribution in [0.4, 0.5) is 5.69 Å². The zero-order valence-electron chi connectivity index (χ0n) is 12.3. The Bertz CT molecular complexity index is 981. The number of H-pyrrole nitrogens is 1. The standard InChI is InChI=1S/C16H13N5O2/c1-21-14(15-3-2-6-23-15)8-13(20-21)16(22)18-11-5-4-10-9-17-19-12(10)7-11/h2-9H,1H3,(H,17,19)(H,18,22). The van der Waals surface area contributed by atoms with Gasteiger partial charge in [0.2, 0.25) is 0 Å². The van der Waals surface area contributed by atoms with Gasteiger partial charge in [0, 0.05) is 24.2 Å². The molecule has 0 atom stereocenters. The quantitative estimate of drug-likeness (QED) is 0.609. The number of nitrogens with one attached hydrogen (secondary N) is 2. The summed E-state index contributed by atoms with van der Waals surface area (Å²) in [7, 11) is 1.77. The van der Waals surface area contributed by atoms with E-state index in [0.717, 1.165) is 16.6 Å². The van der Waals surface area contributed by atoms with Crippen LogP contribution in [0.25, 0.3) is 22.4 Å². The molecule has 0 saturated heterocycles. The second-order valence-corrected chi connectivity index (χ2v) is 5.14. The molecular weight excluding hydrogens is 294 g/mol. The minimum absolute atomic E-state index is 0.280. The third-order valence-electron chi connectivity index (χ3n) is 3.59. The molecular formula is C16H13N5O2. The molecule has 7 nitrogen and oxygen atoms in total. The fourth-order valence-corrected chi connectivity index (χ4v) is 2.44. The molecule has 1 amide bonds. The molecule has 3 heterocycles. The van der Waals surface area contributed by atoms with Crippen molar-refractivity contribution >= 4 is 22.5 Å². The largest absolute Gasteiger partial charge is 0.463 e. The fraction of sp³-hybridized carbons (Fsp3) is 0.0625. The summed E-state index contributed by atoms with van der Waals surface area (Å²) in [6.07, 6.45) is 3.32. The first kappa shape index (κ1) is 13.3. The van der Waals surface area contributed by atoms with Crippen LogP contribution in [0.1, 0.15) is 10.5 Å². The van der Waals surface area contributed by atoms with E-state index in [1.807, 2.05) is 24.3 Å². The van der Waals surface area contributed by atoms with E-state index in [-0.39, 0.29) is 5.91 Å². The number of nitrogens with zero attached hydrogens (tertiary/aromatic N) is 3. The van der Waals surface area contributed by atoms with E-state index in [4.69, 9.17) is 4.42 Å². The highest BCUT2D eigenvalue weighted by molar-refractivity contribution is 6.04. The molecule has 0 radical (unpaired) electrons. The molecule has 7 heteroatoms. The Morgan fingerprint density at radius 2 is 2.22 bits per heavy atom. The van der Waals surface area contributed by atoms with E-state index >= 15 is 0 Å². The number of benzene rings is 1. The molecule has 3 aromatic heterocycles. The van der Waals surface area contributed by atoms with Gasteiger partial charge < -0.3 is 9.73 Å². The average molecular weight is 307 g/mol. The molecule has 1 aromatic carbocycles. The Balaban J connectivity index is 1.60. The van der Waals surface area contributed by atoms with Gasteiger partial charge in [0.15, 0.2) is 11.5 Å². The number of aryl methyl sites for hydroxylation is 1. The molecule has 0 aliphatic carbocycles. The lowest BCUT2D eigenvalue weighted by molar-refractivity contribution is 0.102. The summed E-state index contributed by atoms with van der Waals surface area (Å²) in [5, 5.41) is 14.9. The summed E-state index contributed by atoms with van der Waals surface area (Å²) >= 11 is 0. The van der Waals surface area contributed by atoms with Crippen molar-refractivity contribution in [3.05, 3.63) is 54.6 Å². The van der Waals surface area contributed by atoms with Gasteiger partial charge >= 0.3 is 0 Å². The lowest BCUT2D eigenvalue weighted by Gasteiger charge is -2.02. The van der Waals surface area contributed by atoms with Crippen molar-refractivity contribution in [2.75, 3.05) is 5.32 Å². The van der Waals surface area contributed by atoms with Crippen LogP contribution in [-0.4, -0.2) is 25.9 Å². The Morgan fingerprint density at radius 1 is 1.30 bits per heavy atom. The maximum atomic E-state index is 12.4. The molecule has 0 aliphatic rings. The molecule has 23 heavy (non-hydrogen) atoms. The van der Waals surface area contributed by atoms with Crippen molar-refractivity contribution in [2.24, 2.45) is 7.05 Å². The van der Waals surface area contributed by atoms with E-state index in [1.165, 1.54) is 0 Å². The van der Waals surface area contributed by atoms with Gasteiger partial charge in [0.25, 0.3) is 5.91 Å². The van der Waals surface area contributed by atoms with Gasteiger partial charge in [-0.25, -0.2) is 0 Å². The fourth-order valence-electron chi connectivity index (χ4n) is 2.44. The molecule has 0 fully saturated rings. The molecule has 114 valence electrons. The van der Waals surface area contributed by atoms with Crippen LogP contribution < -0.4 is 5.32 Å². The zero-order valence-corrected chi connectivity index (χ0v) is 12.3. The van der Waals surface area contributed by atoms with Crippen LogP contribution in [0, 0.1) is 0 Å². The van der Waals surface area contributed by atoms with Gasteiger partial charge in [-0.1, -0.05) is 0 Å². The van der Waals surface area contributed by atoms with Gasteiger partial charge in [-0.3, -0.25) is 14.6 Å². The van der Waals surface area contributed by atoms with Crippen LogP contribution in [-0.2, 0) is 7.05 Å². The second kappa shape index (κ2) is 5.13. The highest BCUT2D eigenvalue weighted by Gasteiger charge is 2.15. The third kappa shape index (κ3) is 2.38. The number of furan rings is 1. The lowest BCUT2D eigenvalue weighted by Crippen LogP contribution is -2.12. The summed E-state index contributed by atoms with van der Waals surface area (Å²) in [6, 6.07) is 10.9. The predicted molar refractivity (Wildman–Crippen MR) is 85.0 cm³/mol. The summed E-state index contributed by atoms with van der Waals surface area (Å²) in [4.78, 5) is 12.4. The molecule has 0 saturated carbocycles. The third-order valence-corrected chi connectivity index (χ3v) is 3.59. The van der Waals surface area contributed by atoms with Crippen molar-refractivity contribution in [1.29, 1.82) is 0 Å². The monoisotopic (exact) mass is 307 g/mol. The Kier molecular flexibility index (Phi) is 2.97. The number of fused-ring (bicyclic) bond motifs is 1. The number of carbonyl (C=O) groups excluding carboxylic acids is 1. The number of aromatic nitrogens is 4. The second-order valence-electron chi connectivity index (χ2n) is 5.14. The van der Waals surface area contributed by atoms with E-state index in [9.17, 15) is 4.79 Å². The number of hydrogen-bond acceptors (Lipinski definition) is 4. The SMILES string of the molecule is Cn1nc(C(=O)Nc2ccc3cn[nH]c3c2)cc1-c1ccco1. The van der Waals surface area contributed by atoms with Crippen LogP contribution in [0.15, 0.2) is 53.3 Å². The minimum atomic E-state index is -0.280. The average Bonchev–Trinajstić information content (AvgIpc) is 3.26. The molecule has 0 bridgehead atoms. The van der Waals surface area contributed by atoms with Gasteiger partial charge in [-0.2, -0.15) is 10.2 Å². The molecule has 0 aliphatic heterocycles. The van der Waals surface area contributed by atoms with Crippen LogP contribution in [0.2, 0.25) is 0 Å². The van der Waals surface area contributed by atoms with Gasteiger partial charge in [0.05, 0.1) is 18.0 Å². The maximum Gasteiger partial charge on any atom is 0.276 e. The van der Waals surface area contributed by atoms with Crippen LogP contribution in [0.5, 0.6) is 0 Å². The lowest BCUT2D eigenvalue weighted by atomic mass is 10.2. The number of hydrogen-bond donors (Lipinski definition) is 2. The molecule has 0 unspecified atom stereocenters. The number of carbonyl (C=O) groups is 1. The first-order chi connectivity index (χ1) is 11.2. The molecule has 0 spiro atoms. The highest BCUT2D eigenvalue weighted by Crippen LogP contribution is 2.21. The van der Waals surface area contributed by atoms with Crippen molar-refractivity contribution in [1.82, 2.24) is 20.0 Å². The van der Waals surface area contributed by atoms with Crippen molar-refractivity contribution in [3.63, 3.8) is 0 Å². The number of rotatable bonds is 3. The van der Waals surface area contributed by atoms with E-state index in [1.54, 1.807) is 36.3 Å². The highest BCUT2D eigenvalue weighted by atomic mass is 16.3. The number of aromatic amines is 1. The van der Waals surface area contributed by atoms with Crippen molar-refractivity contribution < 1.29 is 9.21 Å². The van der Waals surface area contributed by atoms with Crippen LogP contribution >= 0.6 is 0 Å². The van der Waals surface area contributed by atoms with Gasteiger partial charge in [-0.15, -0.1) is 0 Å². The van der Waals surface area contributed by atoms with Gasteiger partial charge in [-0.05, 0) is 30.3 Å². The van der Waals surface area contributed by atoms with E-state index in [0.29, 0.717) is 17.1 Å². The summed E-state index contributed by atoms with van der Waals surface area (Å²) < 4.78 is 6.96. The van der Waals surface area contributed by atoms with Crippen molar-refractivity contribution in [3.8, 4) is 11.5 Å². The first-order valence-electron chi connectivity index (χ1n) is 7.03. The van der Waals surface area contributed by atoms with Crippen molar-refractivity contribution in [2.45, 2.75) is 0 Å². The normalized spacial score (nSPS) is 11.0. The smallest absolute Gasteiger partial charge is 0.276 e. The number of amides is 1. The predicted octanol–water partition coefficient (Wildman–Crippen LogP) is 2.81. The molecule has 2 N–H and O–H groups in total. The summed E-state index contributed by atoms with van der Waals surface area (Å²) in [6.45, 7) is 0. The maximum absolute atomic E-state index is 12.4. The first-order valence-corrected chi connectivity index (χ1v) is 7.03. The zero-order chi connectivity index (χ0) is 15.8. The van der Waals surface area contributed by atoms with Crippen LogP contribution in [0.3, 0.4) is 0 Å². The van der Waals surface area contributed by atoms with Gasteiger partial charge in [0.1, 0.15) is 5.69 Å². The van der Waals surface area contributed by atoms with E-state index in [2.05, 4.69) is 20.6 Å². The minimum Gasteiger partial charge on any atom is -0.463 e. The Labute approximate surface area is 130 Å². The Morgan fingerprint density at radius 3 is 3.04 bits per heavy atom. The van der Waals surface area contributed by atoms with E-state index < -0.39 is 0 Å². The number of anilines is 1. The topological polar surface area (TPSA) is 88.7 Å². The Hall–Kier alpha value is -3.35. The molecule has 4 rings (SSSR count). The summed E-state index contributed by atoms with van der Waals surface area (Å²) in [5.74, 6) is 0.384. The molecule has 4 aromatic rings. The summed E-state index contributed by atoms with van der Waals surface area (Å²) in [5.41, 5.74) is 2.60.